The summed E-state index contributed by atoms with van der Waals surface area (Å²) in [6.07, 6.45) is 3.03. The monoisotopic (exact) mass is 389 g/mol. The second-order valence-electron chi connectivity index (χ2n) is 7.47. The quantitative estimate of drug-likeness (QED) is 0.803. The lowest BCUT2D eigenvalue weighted by atomic mass is 9.91. The molecular formula is C19H23N3O2S2. The molecule has 1 spiro atoms. The lowest BCUT2D eigenvalue weighted by molar-refractivity contribution is -0.130. The van der Waals surface area contributed by atoms with Crippen LogP contribution in [0.3, 0.4) is 0 Å². The summed E-state index contributed by atoms with van der Waals surface area (Å²) in [5, 5.41) is 6.02. The molecule has 0 bridgehead atoms. The lowest BCUT2D eigenvalue weighted by Gasteiger charge is -2.34. The number of hydrogen-bond acceptors (Lipinski definition) is 5. The molecule has 1 saturated heterocycles. The number of rotatable bonds is 4. The standard InChI is InChI=1S/C19H23N3O2S2/c1-13-16(12-26-20-13)18(24)21-6-4-19(5-7-21)9-17(19)22(14(2)23)10-15-3-8-25-11-15/h3,8,11-12,17H,4-7,9-10H2,1-2H3/t17-/m0/s1. The molecule has 0 N–H and O–H groups in total. The fourth-order valence-electron chi connectivity index (χ4n) is 4.15. The van der Waals surface area contributed by atoms with Crippen molar-refractivity contribution in [2.24, 2.45) is 5.41 Å². The van der Waals surface area contributed by atoms with Gasteiger partial charge >= 0.3 is 0 Å². The van der Waals surface area contributed by atoms with Crippen LogP contribution in [-0.2, 0) is 11.3 Å². The number of likely N-dealkylation sites (tertiary alicyclic amines) is 1. The first-order valence-corrected chi connectivity index (χ1v) is 10.8. The van der Waals surface area contributed by atoms with Gasteiger partial charge in [-0.2, -0.15) is 15.7 Å². The predicted molar refractivity (Wildman–Crippen MR) is 103 cm³/mol. The van der Waals surface area contributed by atoms with E-state index in [0.29, 0.717) is 12.6 Å². The molecule has 4 rings (SSSR count). The van der Waals surface area contributed by atoms with E-state index in [1.807, 2.05) is 22.1 Å². The van der Waals surface area contributed by atoms with Gasteiger partial charge in [-0.1, -0.05) is 0 Å². The summed E-state index contributed by atoms with van der Waals surface area (Å²) >= 11 is 3.01. The number of nitrogens with zero attached hydrogens (tertiary/aromatic N) is 3. The van der Waals surface area contributed by atoms with Crippen LogP contribution in [0.1, 0.15) is 47.8 Å². The second-order valence-corrected chi connectivity index (χ2v) is 8.88. The van der Waals surface area contributed by atoms with E-state index in [1.165, 1.54) is 17.1 Å². The molecule has 1 saturated carbocycles. The van der Waals surface area contributed by atoms with Crippen molar-refractivity contribution in [1.29, 1.82) is 0 Å². The van der Waals surface area contributed by atoms with Crippen LogP contribution in [0, 0.1) is 12.3 Å². The highest BCUT2D eigenvalue weighted by atomic mass is 32.1. The van der Waals surface area contributed by atoms with Gasteiger partial charge in [-0.15, -0.1) is 0 Å². The SMILES string of the molecule is CC(=O)N(Cc1ccsc1)[C@H]1CC12CCN(C(=O)c1csnc1C)CC2. The van der Waals surface area contributed by atoms with Gasteiger partial charge in [0.15, 0.2) is 0 Å². The first-order valence-electron chi connectivity index (χ1n) is 8.99. The van der Waals surface area contributed by atoms with E-state index in [4.69, 9.17) is 0 Å². The van der Waals surface area contributed by atoms with Crippen molar-refractivity contribution in [3.8, 4) is 0 Å². The lowest BCUT2D eigenvalue weighted by Crippen LogP contribution is -2.42. The summed E-state index contributed by atoms with van der Waals surface area (Å²) in [5.41, 5.74) is 2.98. The van der Waals surface area contributed by atoms with Gasteiger partial charge in [0.05, 0.1) is 11.3 Å². The molecule has 2 amide bonds. The second kappa shape index (κ2) is 6.78. The number of aromatic nitrogens is 1. The summed E-state index contributed by atoms with van der Waals surface area (Å²) in [6, 6.07) is 2.41. The molecule has 3 heterocycles. The topological polar surface area (TPSA) is 53.5 Å². The Kier molecular flexibility index (Phi) is 4.61. The normalized spacial score (nSPS) is 21.0. The largest absolute Gasteiger partial charge is 0.339 e. The van der Waals surface area contributed by atoms with Gasteiger partial charge in [-0.25, -0.2) is 0 Å². The van der Waals surface area contributed by atoms with Gasteiger partial charge in [-0.3, -0.25) is 9.59 Å². The highest BCUT2D eigenvalue weighted by molar-refractivity contribution is 7.08. The summed E-state index contributed by atoms with van der Waals surface area (Å²) < 4.78 is 4.21. The van der Waals surface area contributed by atoms with Crippen molar-refractivity contribution in [2.45, 2.75) is 45.7 Å². The Morgan fingerprint density at radius 3 is 2.69 bits per heavy atom. The molecule has 2 aliphatic rings. The van der Waals surface area contributed by atoms with Crippen LogP contribution in [0.15, 0.2) is 22.2 Å². The van der Waals surface area contributed by atoms with Crippen LogP contribution in [0.2, 0.25) is 0 Å². The fourth-order valence-corrected chi connectivity index (χ4v) is 5.49. The van der Waals surface area contributed by atoms with Crippen LogP contribution in [-0.4, -0.2) is 45.1 Å². The molecule has 1 atom stereocenters. The number of aryl methyl sites for hydroxylation is 1. The molecule has 1 aliphatic heterocycles. The molecule has 5 nitrogen and oxygen atoms in total. The first kappa shape index (κ1) is 17.7. The molecule has 0 radical (unpaired) electrons. The minimum atomic E-state index is 0.102. The van der Waals surface area contributed by atoms with Gasteiger partial charge in [0, 0.05) is 38.0 Å². The molecule has 7 heteroatoms. The van der Waals surface area contributed by atoms with Crippen molar-refractivity contribution >= 4 is 34.7 Å². The third-order valence-electron chi connectivity index (χ3n) is 5.89. The number of carbonyl (C=O) groups excluding carboxylic acids is 2. The van der Waals surface area contributed by atoms with E-state index in [1.54, 1.807) is 18.3 Å². The maximum Gasteiger partial charge on any atom is 0.256 e. The third kappa shape index (κ3) is 3.18. The van der Waals surface area contributed by atoms with Gasteiger partial charge in [0.2, 0.25) is 5.91 Å². The predicted octanol–water partition coefficient (Wildman–Crippen LogP) is 3.56. The molecule has 2 aromatic rings. The van der Waals surface area contributed by atoms with E-state index >= 15 is 0 Å². The number of hydrogen-bond donors (Lipinski definition) is 0. The van der Waals surface area contributed by atoms with Crippen molar-refractivity contribution in [3.05, 3.63) is 39.0 Å². The third-order valence-corrected chi connectivity index (χ3v) is 7.34. The zero-order valence-electron chi connectivity index (χ0n) is 15.1. The van der Waals surface area contributed by atoms with Crippen LogP contribution in [0.25, 0.3) is 0 Å². The molecule has 1 aliphatic carbocycles. The Balaban J connectivity index is 1.39. The van der Waals surface area contributed by atoms with Crippen molar-refractivity contribution in [2.75, 3.05) is 13.1 Å². The van der Waals surface area contributed by atoms with Crippen molar-refractivity contribution in [3.63, 3.8) is 0 Å². The Bertz CT molecular complexity index is 807. The minimum Gasteiger partial charge on any atom is -0.339 e. The summed E-state index contributed by atoms with van der Waals surface area (Å²) in [4.78, 5) is 28.9. The van der Waals surface area contributed by atoms with Crippen LogP contribution >= 0.6 is 22.9 Å². The molecule has 0 unspecified atom stereocenters. The molecular weight excluding hydrogens is 366 g/mol. The zero-order chi connectivity index (χ0) is 18.3. The van der Waals surface area contributed by atoms with E-state index in [9.17, 15) is 9.59 Å². The average Bonchev–Trinajstić information content (AvgIpc) is 2.98. The highest BCUT2D eigenvalue weighted by Crippen LogP contribution is 2.57. The molecule has 138 valence electrons. The molecule has 26 heavy (non-hydrogen) atoms. The zero-order valence-corrected chi connectivity index (χ0v) is 16.7. The Hall–Kier alpha value is -1.73. The summed E-state index contributed by atoms with van der Waals surface area (Å²) in [5.74, 6) is 0.251. The maximum absolute atomic E-state index is 12.7. The van der Waals surface area contributed by atoms with Crippen molar-refractivity contribution < 1.29 is 9.59 Å². The first-order chi connectivity index (χ1) is 12.5. The number of amides is 2. The number of carbonyl (C=O) groups is 2. The Morgan fingerprint density at radius 2 is 2.12 bits per heavy atom. The summed E-state index contributed by atoms with van der Waals surface area (Å²) in [6.45, 7) is 5.81. The summed E-state index contributed by atoms with van der Waals surface area (Å²) in [7, 11) is 0. The molecule has 0 aromatic carbocycles. The average molecular weight is 390 g/mol. The van der Waals surface area contributed by atoms with Crippen LogP contribution < -0.4 is 0 Å². The van der Waals surface area contributed by atoms with Crippen LogP contribution in [0.4, 0.5) is 0 Å². The van der Waals surface area contributed by atoms with E-state index in [2.05, 4.69) is 21.2 Å². The Morgan fingerprint density at radius 1 is 1.35 bits per heavy atom. The minimum absolute atomic E-state index is 0.102. The number of piperidine rings is 1. The highest BCUT2D eigenvalue weighted by Gasteiger charge is 2.58. The fraction of sp³-hybridized carbons (Fsp3) is 0.526. The van der Waals surface area contributed by atoms with Crippen molar-refractivity contribution in [1.82, 2.24) is 14.2 Å². The van der Waals surface area contributed by atoms with Gasteiger partial charge in [0.1, 0.15) is 0 Å². The van der Waals surface area contributed by atoms with Gasteiger partial charge in [-0.05, 0) is 65.5 Å². The van der Waals surface area contributed by atoms with Gasteiger partial charge < -0.3 is 9.80 Å². The van der Waals surface area contributed by atoms with E-state index < -0.39 is 0 Å². The smallest absolute Gasteiger partial charge is 0.256 e. The van der Waals surface area contributed by atoms with Crippen LogP contribution in [0.5, 0.6) is 0 Å². The van der Waals surface area contributed by atoms with Gasteiger partial charge in [0.25, 0.3) is 5.91 Å². The van der Waals surface area contributed by atoms with E-state index in [0.717, 1.165) is 43.6 Å². The molecule has 2 aromatic heterocycles. The number of thiophene rings is 1. The molecule has 2 fully saturated rings. The van der Waals surface area contributed by atoms with E-state index in [-0.39, 0.29) is 17.2 Å². The maximum atomic E-state index is 12.7. The Labute approximate surface area is 161 Å².